The molecule has 0 nitrogen and oxygen atoms in total. The van der Waals surface area contributed by atoms with E-state index >= 15 is 0 Å². The standard InChI is InChI=1S/C13H24S6/c1-2-14-5-13(10-19-12-8-16-9-12)18-4-3-17-11-6-15-7-11/h11-13H,2-10H2,1H3. The van der Waals surface area contributed by atoms with Crippen LogP contribution in [0.25, 0.3) is 0 Å². The minimum atomic E-state index is 0.886. The lowest BCUT2D eigenvalue weighted by atomic mass is 10.5. The molecule has 2 aliphatic heterocycles. The van der Waals surface area contributed by atoms with Crippen LogP contribution in [0, 0.1) is 0 Å². The Morgan fingerprint density at radius 2 is 1.63 bits per heavy atom. The van der Waals surface area contributed by atoms with Gasteiger partial charge < -0.3 is 0 Å². The molecule has 2 fully saturated rings. The molecule has 0 bridgehead atoms. The number of hydrogen-bond acceptors (Lipinski definition) is 6. The van der Waals surface area contributed by atoms with Gasteiger partial charge in [-0.05, 0) is 5.75 Å². The third kappa shape index (κ3) is 7.27. The highest BCUT2D eigenvalue weighted by atomic mass is 32.2. The van der Waals surface area contributed by atoms with Crippen molar-refractivity contribution >= 4 is 70.6 Å². The summed E-state index contributed by atoms with van der Waals surface area (Å²) >= 11 is 13.0. The quantitative estimate of drug-likeness (QED) is 0.485. The van der Waals surface area contributed by atoms with Crippen LogP contribution in [-0.4, -0.2) is 67.5 Å². The molecule has 0 radical (unpaired) electrons. The minimum Gasteiger partial charge on any atom is -0.161 e. The maximum atomic E-state index is 2.28. The third-order valence-corrected chi connectivity index (χ3v) is 12.0. The summed E-state index contributed by atoms with van der Waals surface area (Å²) in [6.45, 7) is 2.28. The molecule has 19 heavy (non-hydrogen) atoms. The highest BCUT2D eigenvalue weighted by molar-refractivity contribution is 8.09. The Kier molecular flexibility index (Phi) is 9.89. The van der Waals surface area contributed by atoms with E-state index in [1.165, 1.54) is 51.8 Å². The van der Waals surface area contributed by atoms with Crippen LogP contribution in [0.15, 0.2) is 0 Å². The van der Waals surface area contributed by atoms with Crippen LogP contribution in [0.2, 0.25) is 0 Å². The van der Waals surface area contributed by atoms with E-state index in [4.69, 9.17) is 0 Å². The zero-order valence-corrected chi connectivity index (χ0v) is 16.4. The van der Waals surface area contributed by atoms with Gasteiger partial charge in [0.2, 0.25) is 0 Å². The average Bonchev–Trinajstić information content (AvgIpc) is 2.30. The van der Waals surface area contributed by atoms with Crippen molar-refractivity contribution in [2.45, 2.75) is 22.7 Å². The molecule has 0 amide bonds. The lowest BCUT2D eigenvalue weighted by molar-refractivity contribution is 1.06. The molecule has 2 saturated heterocycles. The van der Waals surface area contributed by atoms with E-state index in [2.05, 4.69) is 77.5 Å². The first kappa shape index (κ1) is 17.5. The van der Waals surface area contributed by atoms with Crippen LogP contribution in [0.3, 0.4) is 0 Å². The van der Waals surface area contributed by atoms with Crippen molar-refractivity contribution in [1.82, 2.24) is 0 Å². The molecule has 0 aromatic heterocycles. The van der Waals surface area contributed by atoms with Crippen LogP contribution < -0.4 is 0 Å². The lowest BCUT2D eigenvalue weighted by Gasteiger charge is -2.27. The van der Waals surface area contributed by atoms with E-state index < -0.39 is 0 Å². The Morgan fingerprint density at radius 1 is 0.947 bits per heavy atom. The maximum Gasteiger partial charge on any atom is 0.0229 e. The van der Waals surface area contributed by atoms with Crippen molar-refractivity contribution < 1.29 is 0 Å². The van der Waals surface area contributed by atoms with E-state index in [0.717, 1.165) is 15.7 Å². The Morgan fingerprint density at radius 3 is 2.21 bits per heavy atom. The maximum absolute atomic E-state index is 2.28. The molecule has 0 N–H and O–H groups in total. The van der Waals surface area contributed by atoms with E-state index in [-0.39, 0.29) is 0 Å². The summed E-state index contributed by atoms with van der Waals surface area (Å²) in [5.74, 6) is 12.4. The molecule has 0 aromatic carbocycles. The predicted octanol–water partition coefficient (Wildman–Crippen LogP) is 4.54. The Bertz CT molecular complexity index is 229. The first-order valence-electron chi connectivity index (χ1n) is 6.96. The topological polar surface area (TPSA) is 0 Å². The smallest absolute Gasteiger partial charge is 0.0229 e. The molecule has 0 saturated carbocycles. The van der Waals surface area contributed by atoms with Gasteiger partial charge in [0, 0.05) is 61.8 Å². The van der Waals surface area contributed by atoms with Gasteiger partial charge in [-0.15, -0.1) is 0 Å². The molecule has 2 heterocycles. The zero-order valence-electron chi connectivity index (χ0n) is 11.5. The summed E-state index contributed by atoms with van der Waals surface area (Å²) < 4.78 is 0. The second kappa shape index (κ2) is 10.8. The van der Waals surface area contributed by atoms with Gasteiger partial charge in [0.05, 0.1) is 0 Å². The van der Waals surface area contributed by atoms with Gasteiger partial charge in [0.15, 0.2) is 0 Å². The van der Waals surface area contributed by atoms with Gasteiger partial charge in [-0.3, -0.25) is 0 Å². The Hall–Kier alpha value is 2.10. The molecule has 0 spiro atoms. The summed E-state index contributed by atoms with van der Waals surface area (Å²) in [7, 11) is 0. The molecule has 1 atom stereocenters. The van der Waals surface area contributed by atoms with Crippen LogP contribution in [0.5, 0.6) is 0 Å². The van der Waals surface area contributed by atoms with Crippen LogP contribution in [0.4, 0.5) is 0 Å². The minimum absolute atomic E-state index is 0.886. The van der Waals surface area contributed by atoms with Crippen LogP contribution in [-0.2, 0) is 0 Å². The summed E-state index contributed by atoms with van der Waals surface area (Å²) in [5.41, 5.74) is 0. The second-order valence-electron chi connectivity index (χ2n) is 4.68. The molecule has 0 aromatic rings. The van der Waals surface area contributed by atoms with Gasteiger partial charge in [-0.25, -0.2) is 0 Å². The summed E-state index contributed by atoms with van der Waals surface area (Å²) in [6, 6.07) is 0. The van der Waals surface area contributed by atoms with Crippen molar-refractivity contribution in [3.05, 3.63) is 0 Å². The monoisotopic (exact) mass is 372 g/mol. The normalized spacial score (nSPS) is 21.9. The van der Waals surface area contributed by atoms with Crippen LogP contribution >= 0.6 is 70.6 Å². The molecular weight excluding hydrogens is 349 g/mol. The fourth-order valence-electron chi connectivity index (χ4n) is 1.69. The lowest BCUT2D eigenvalue weighted by Crippen LogP contribution is -2.24. The number of thioether (sulfide) groups is 6. The van der Waals surface area contributed by atoms with Gasteiger partial charge in [-0.1, -0.05) is 6.92 Å². The fraction of sp³-hybridized carbons (Fsp3) is 1.00. The largest absolute Gasteiger partial charge is 0.161 e. The third-order valence-electron chi connectivity index (χ3n) is 3.03. The summed E-state index contributed by atoms with van der Waals surface area (Å²) in [4.78, 5) is 0. The highest BCUT2D eigenvalue weighted by Crippen LogP contribution is 2.33. The van der Waals surface area contributed by atoms with Crippen molar-refractivity contribution in [2.24, 2.45) is 0 Å². The SMILES string of the molecule is CCSCC(CSC1CSC1)SCCSC1CSC1. The molecule has 6 heteroatoms. The van der Waals surface area contributed by atoms with Gasteiger partial charge in [-0.2, -0.15) is 70.6 Å². The van der Waals surface area contributed by atoms with E-state index in [0.29, 0.717) is 0 Å². The van der Waals surface area contributed by atoms with Gasteiger partial charge in [0.25, 0.3) is 0 Å². The van der Waals surface area contributed by atoms with E-state index in [9.17, 15) is 0 Å². The second-order valence-corrected chi connectivity index (χ2v) is 12.3. The molecule has 112 valence electrons. The molecule has 2 rings (SSSR count). The van der Waals surface area contributed by atoms with Crippen molar-refractivity contribution in [3.63, 3.8) is 0 Å². The molecule has 2 aliphatic rings. The van der Waals surface area contributed by atoms with Crippen LogP contribution in [0.1, 0.15) is 6.92 Å². The van der Waals surface area contributed by atoms with Crippen molar-refractivity contribution in [1.29, 1.82) is 0 Å². The summed E-state index contributed by atoms with van der Waals surface area (Å²) in [5, 5.41) is 2.84. The Labute approximate surface area is 144 Å². The average molecular weight is 373 g/mol. The van der Waals surface area contributed by atoms with Gasteiger partial charge >= 0.3 is 0 Å². The Balaban J connectivity index is 1.52. The predicted molar refractivity (Wildman–Crippen MR) is 106 cm³/mol. The van der Waals surface area contributed by atoms with E-state index in [1.54, 1.807) is 0 Å². The summed E-state index contributed by atoms with van der Waals surface area (Å²) in [6.07, 6.45) is 0. The number of hydrogen-bond donors (Lipinski definition) is 0. The zero-order chi connectivity index (χ0) is 13.3. The van der Waals surface area contributed by atoms with Crippen molar-refractivity contribution in [3.8, 4) is 0 Å². The molecule has 1 unspecified atom stereocenters. The molecule has 0 aliphatic carbocycles. The van der Waals surface area contributed by atoms with E-state index in [1.807, 2.05) is 0 Å². The first-order valence-corrected chi connectivity index (χ1v) is 13.6. The molecular formula is C13H24S6. The first-order chi connectivity index (χ1) is 9.38. The number of rotatable bonds is 11. The highest BCUT2D eigenvalue weighted by Gasteiger charge is 2.21. The van der Waals surface area contributed by atoms with Crippen molar-refractivity contribution in [2.75, 3.05) is 51.8 Å². The van der Waals surface area contributed by atoms with Gasteiger partial charge in [0.1, 0.15) is 0 Å². The fourth-order valence-corrected chi connectivity index (χ4v) is 9.34.